The van der Waals surface area contributed by atoms with Crippen molar-refractivity contribution in [1.29, 1.82) is 0 Å². The van der Waals surface area contributed by atoms with Gasteiger partial charge in [0.25, 0.3) is 0 Å². The van der Waals surface area contributed by atoms with Crippen LogP contribution < -0.4 is 4.74 Å². The van der Waals surface area contributed by atoms with Gasteiger partial charge in [0.05, 0.1) is 20.1 Å². The molecule has 0 spiro atoms. The Kier molecular flexibility index (Phi) is 3.89. The first-order valence-corrected chi connectivity index (χ1v) is 7.56. The number of hydrogen-bond donors (Lipinski definition) is 0. The highest BCUT2D eigenvalue weighted by molar-refractivity contribution is 5.72. The number of likely N-dealkylation sites (tertiary alicyclic amines) is 1. The van der Waals surface area contributed by atoms with Gasteiger partial charge in [-0.05, 0) is 49.4 Å². The highest BCUT2D eigenvalue weighted by atomic mass is 16.5. The van der Waals surface area contributed by atoms with Gasteiger partial charge in [0, 0.05) is 12.6 Å². The number of rotatable bonds is 2. The van der Waals surface area contributed by atoms with E-state index in [9.17, 15) is 4.79 Å². The number of fused-ring (bicyclic) bond motifs is 2. The van der Waals surface area contributed by atoms with E-state index in [4.69, 9.17) is 9.47 Å². The highest BCUT2D eigenvalue weighted by Gasteiger charge is 2.40. The van der Waals surface area contributed by atoms with Crippen LogP contribution in [0.1, 0.15) is 17.5 Å². The van der Waals surface area contributed by atoms with Gasteiger partial charge in [0.15, 0.2) is 0 Å². The number of nitrogens with zero attached hydrogens (tertiary/aromatic N) is 1. The molecule has 0 saturated carbocycles. The zero-order valence-corrected chi connectivity index (χ0v) is 13.0. The molecular weight excluding hydrogens is 266 g/mol. The van der Waals surface area contributed by atoms with Gasteiger partial charge in [-0.1, -0.05) is 12.1 Å². The van der Waals surface area contributed by atoms with Gasteiger partial charge in [0.1, 0.15) is 5.75 Å². The zero-order valence-electron chi connectivity index (χ0n) is 13.0. The first-order valence-electron chi connectivity index (χ1n) is 7.56. The lowest BCUT2D eigenvalue weighted by molar-refractivity contribution is -0.149. The molecule has 0 N–H and O–H groups in total. The van der Waals surface area contributed by atoms with Gasteiger partial charge in [-0.3, -0.25) is 4.79 Å². The van der Waals surface area contributed by atoms with Crippen LogP contribution in [-0.2, 0) is 22.4 Å². The van der Waals surface area contributed by atoms with Crippen LogP contribution in [0.3, 0.4) is 0 Å². The molecule has 1 aliphatic heterocycles. The second kappa shape index (κ2) is 5.68. The van der Waals surface area contributed by atoms with Gasteiger partial charge >= 0.3 is 5.97 Å². The summed E-state index contributed by atoms with van der Waals surface area (Å²) in [6, 6.07) is 6.82. The number of ether oxygens (including phenoxy) is 2. The quantitative estimate of drug-likeness (QED) is 0.780. The summed E-state index contributed by atoms with van der Waals surface area (Å²) in [5.74, 6) is 1.40. The van der Waals surface area contributed by atoms with Gasteiger partial charge in [0.2, 0.25) is 0 Å². The van der Waals surface area contributed by atoms with E-state index in [0.29, 0.717) is 12.0 Å². The van der Waals surface area contributed by atoms with E-state index in [-0.39, 0.29) is 11.9 Å². The van der Waals surface area contributed by atoms with Crippen LogP contribution in [0.15, 0.2) is 18.2 Å². The third-order valence-electron chi connectivity index (χ3n) is 5.09. The molecule has 0 unspecified atom stereocenters. The summed E-state index contributed by atoms with van der Waals surface area (Å²) in [4.78, 5) is 14.2. The number of piperidine rings is 1. The number of hydrogen-bond acceptors (Lipinski definition) is 4. The number of likely N-dealkylation sites (N-methyl/N-ethyl adjacent to an activating group) is 1. The Hall–Kier alpha value is -1.55. The number of methoxy groups -OCH3 is 2. The maximum atomic E-state index is 11.9. The smallest absolute Gasteiger partial charge is 0.309 e. The van der Waals surface area contributed by atoms with E-state index in [0.717, 1.165) is 31.6 Å². The van der Waals surface area contributed by atoms with Crippen LogP contribution in [-0.4, -0.2) is 44.7 Å². The Morgan fingerprint density at radius 1 is 1.29 bits per heavy atom. The van der Waals surface area contributed by atoms with Crippen LogP contribution in [0.25, 0.3) is 0 Å². The zero-order chi connectivity index (χ0) is 15.0. The number of carbonyl (C=O) groups excluding carboxylic acids is 1. The fourth-order valence-corrected chi connectivity index (χ4v) is 4.03. The highest BCUT2D eigenvalue weighted by Crippen LogP contribution is 2.39. The van der Waals surface area contributed by atoms with Crippen molar-refractivity contribution in [3.8, 4) is 5.75 Å². The summed E-state index contributed by atoms with van der Waals surface area (Å²) < 4.78 is 10.5. The first-order chi connectivity index (χ1) is 10.1. The van der Waals surface area contributed by atoms with Gasteiger partial charge in [-0.15, -0.1) is 0 Å². The topological polar surface area (TPSA) is 38.8 Å². The van der Waals surface area contributed by atoms with Gasteiger partial charge < -0.3 is 14.4 Å². The molecule has 3 atom stereocenters. The van der Waals surface area contributed by atoms with E-state index >= 15 is 0 Å². The molecule has 0 radical (unpaired) electrons. The first kappa shape index (κ1) is 14.4. The van der Waals surface area contributed by atoms with Crippen LogP contribution in [0.2, 0.25) is 0 Å². The van der Waals surface area contributed by atoms with Crippen molar-refractivity contribution >= 4 is 5.97 Å². The fraction of sp³-hybridized carbons (Fsp3) is 0.588. The van der Waals surface area contributed by atoms with Crippen molar-refractivity contribution in [2.45, 2.75) is 25.3 Å². The Morgan fingerprint density at radius 2 is 2.10 bits per heavy atom. The Labute approximate surface area is 126 Å². The lowest BCUT2D eigenvalue weighted by Crippen LogP contribution is -2.51. The molecule has 0 amide bonds. The van der Waals surface area contributed by atoms with Crippen molar-refractivity contribution in [2.75, 3.05) is 27.8 Å². The predicted molar refractivity (Wildman–Crippen MR) is 80.4 cm³/mol. The molecule has 1 fully saturated rings. The van der Waals surface area contributed by atoms with Crippen LogP contribution >= 0.6 is 0 Å². The molecule has 1 heterocycles. The number of benzene rings is 1. The minimum absolute atomic E-state index is 0.00231. The average molecular weight is 289 g/mol. The van der Waals surface area contributed by atoms with E-state index in [1.807, 2.05) is 6.07 Å². The predicted octanol–water partition coefficient (Wildman–Crippen LogP) is 1.90. The molecule has 0 bridgehead atoms. The molecule has 4 heteroatoms. The third-order valence-corrected chi connectivity index (χ3v) is 5.09. The molecular formula is C17H23NO3. The number of esters is 1. The van der Waals surface area contributed by atoms with Crippen molar-refractivity contribution in [1.82, 2.24) is 4.90 Å². The van der Waals surface area contributed by atoms with Crippen molar-refractivity contribution in [2.24, 2.45) is 11.8 Å². The van der Waals surface area contributed by atoms with Gasteiger partial charge in [-0.2, -0.15) is 0 Å². The lowest BCUT2D eigenvalue weighted by Gasteiger charge is -2.45. The average Bonchev–Trinajstić information content (AvgIpc) is 2.51. The molecule has 0 aromatic heterocycles. The maximum Gasteiger partial charge on any atom is 0.309 e. The second-order valence-electron chi connectivity index (χ2n) is 6.23. The second-order valence-corrected chi connectivity index (χ2v) is 6.23. The normalized spacial score (nSPS) is 28.4. The summed E-state index contributed by atoms with van der Waals surface area (Å²) in [7, 11) is 5.33. The summed E-state index contributed by atoms with van der Waals surface area (Å²) in [6.45, 7) is 0.799. The molecule has 114 valence electrons. The Bertz CT molecular complexity index is 543. The molecule has 4 nitrogen and oxygen atoms in total. The summed E-state index contributed by atoms with van der Waals surface area (Å²) >= 11 is 0. The molecule has 1 saturated heterocycles. The SMILES string of the molecule is COC(=O)[C@@H]1C[C@@H]2Cc3c(cccc3OC)C[C@H]2N(C)C1. The monoisotopic (exact) mass is 289 g/mol. The molecule has 2 aliphatic rings. The molecule has 1 aromatic rings. The van der Waals surface area contributed by atoms with Crippen LogP contribution in [0, 0.1) is 11.8 Å². The van der Waals surface area contributed by atoms with Crippen LogP contribution in [0.5, 0.6) is 5.75 Å². The fourth-order valence-electron chi connectivity index (χ4n) is 4.03. The molecule has 1 aliphatic carbocycles. The maximum absolute atomic E-state index is 11.9. The van der Waals surface area contributed by atoms with E-state index in [1.54, 1.807) is 7.11 Å². The number of carbonyl (C=O) groups is 1. The van der Waals surface area contributed by atoms with Crippen molar-refractivity contribution in [3.05, 3.63) is 29.3 Å². The minimum atomic E-state index is -0.0777. The van der Waals surface area contributed by atoms with Crippen LogP contribution in [0.4, 0.5) is 0 Å². The summed E-state index contributed by atoms with van der Waals surface area (Å²) in [5.41, 5.74) is 2.71. The van der Waals surface area contributed by atoms with Gasteiger partial charge in [-0.25, -0.2) is 0 Å². The minimum Gasteiger partial charge on any atom is -0.496 e. The van der Waals surface area contributed by atoms with E-state index < -0.39 is 0 Å². The van der Waals surface area contributed by atoms with E-state index in [2.05, 4.69) is 24.1 Å². The largest absolute Gasteiger partial charge is 0.496 e. The Balaban J connectivity index is 1.87. The summed E-state index contributed by atoms with van der Waals surface area (Å²) in [6.07, 6.45) is 2.95. The molecule has 3 rings (SSSR count). The third kappa shape index (κ3) is 2.53. The molecule has 21 heavy (non-hydrogen) atoms. The summed E-state index contributed by atoms with van der Waals surface area (Å²) in [5, 5.41) is 0. The van der Waals surface area contributed by atoms with Crippen molar-refractivity contribution < 1.29 is 14.3 Å². The van der Waals surface area contributed by atoms with E-state index in [1.165, 1.54) is 18.2 Å². The standard InChI is InChI=1S/C17H23NO3/c1-18-10-13(17(19)21-3)7-12-8-14-11(9-15(12)18)5-4-6-16(14)20-2/h4-6,12-13,15H,7-10H2,1-3H3/t12-,13-,15-/m1/s1. The van der Waals surface area contributed by atoms with Crippen molar-refractivity contribution in [3.63, 3.8) is 0 Å². The molecule has 1 aromatic carbocycles. The lowest BCUT2D eigenvalue weighted by atomic mass is 9.72. The Morgan fingerprint density at radius 3 is 2.81 bits per heavy atom.